The van der Waals surface area contributed by atoms with Gasteiger partial charge < -0.3 is 5.21 Å². The maximum absolute atomic E-state index is 11.5. The third-order valence-electron chi connectivity index (χ3n) is 6.68. The van der Waals surface area contributed by atoms with Gasteiger partial charge in [-0.2, -0.15) is 0 Å². The molecule has 32 heavy (non-hydrogen) atoms. The van der Waals surface area contributed by atoms with Crippen LogP contribution in [0, 0.1) is 17.0 Å². The molecule has 0 saturated heterocycles. The van der Waals surface area contributed by atoms with Gasteiger partial charge in [-0.15, -0.1) is 0 Å². The SMILES string of the molecule is CCCC1(CCC)c2cc(C(=NO)c3ccccc3C)ccc2-c2ccc([N+](=O)[O-])cc21. The lowest BCUT2D eigenvalue weighted by Gasteiger charge is -2.32. The zero-order chi connectivity index (χ0) is 22.9. The second-order valence-electron chi connectivity index (χ2n) is 8.59. The van der Waals surface area contributed by atoms with Crippen molar-refractivity contribution in [3.63, 3.8) is 0 Å². The van der Waals surface area contributed by atoms with Crippen molar-refractivity contribution in [3.05, 3.63) is 98.6 Å². The summed E-state index contributed by atoms with van der Waals surface area (Å²) in [5.74, 6) is 0. The molecular weight excluding hydrogens is 400 g/mol. The standard InChI is InChI=1S/C27H28N2O3/c1-4-14-27(15-5-2)24-16-19(26(28-30)21-9-7-6-8-18(21)3)10-12-22(24)23-13-11-20(29(31)32)17-25(23)27/h6-13,16-17,30H,4-5,14-15H2,1-3H3. The van der Waals surface area contributed by atoms with Crippen molar-refractivity contribution in [1.29, 1.82) is 0 Å². The first kappa shape index (κ1) is 21.8. The number of benzene rings is 3. The van der Waals surface area contributed by atoms with Gasteiger partial charge in [0.15, 0.2) is 0 Å². The van der Waals surface area contributed by atoms with Gasteiger partial charge in [-0.1, -0.05) is 68.2 Å². The predicted octanol–water partition coefficient (Wildman–Crippen LogP) is 7.00. The number of oxime groups is 1. The lowest BCUT2D eigenvalue weighted by atomic mass is 9.71. The first-order chi connectivity index (χ1) is 15.5. The molecule has 164 valence electrons. The highest BCUT2D eigenvalue weighted by molar-refractivity contribution is 6.13. The maximum Gasteiger partial charge on any atom is 0.269 e. The van der Waals surface area contributed by atoms with Gasteiger partial charge in [0.1, 0.15) is 5.71 Å². The molecule has 3 aromatic rings. The van der Waals surface area contributed by atoms with Crippen LogP contribution in [-0.4, -0.2) is 15.8 Å². The summed E-state index contributed by atoms with van der Waals surface area (Å²) in [5, 5.41) is 25.1. The molecule has 1 N–H and O–H groups in total. The smallest absolute Gasteiger partial charge is 0.269 e. The molecule has 4 rings (SSSR count). The van der Waals surface area contributed by atoms with Gasteiger partial charge in [0.25, 0.3) is 5.69 Å². The minimum absolute atomic E-state index is 0.130. The molecule has 0 amide bonds. The molecule has 1 aliphatic rings. The summed E-state index contributed by atoms with van der Waals surface area (Å²) in [6, 6.07) is 19.3. The van der Waals surface area contributed by atoms with Crippen LogP contribution in [0.4, 0.5) is 5.69 Å². The summed E-state index contributed by atoms with van der Waals surface area (Å²) in [7, 11) is 0. The van der Waals surface area contributed by atoms with Crippen LogP contribution in [0.25, 0.3) is 11.1 Å². The van der Waals surface area contributed by atoms with Crippen molar-refractivity contribution in [2.45, 2.75) is 51.9 Å². The molecule has 0 atom stereocenters. The fourth-order valence-electron chi connectivity index (χ4n) is 5.37. The molecule has 0 heterocycles. The van der Waals surface area contributed by atoms with Crippen molar-refractivity contribution in [2.75, 3.05) is 0 Å². The van der Waals surface area contributed by atoms with E-state index in [9.17, 15) is 15.3 Å². The van der Waals surface area contributed by atoms with Gasteiger partial charge in [-0.05, 0) is 59.7 Å². The molecule has 0 aliphatic heterocycles. The van der Waals surface area contributed by atoms with Crippen molar-refractivity contribution < 1.29 is 10.1 Å². The topological polar surface area (TPSA) is 75.7 Å². The van der Waals surface area contributed by atoms with Gasteiger partial charge in [0, 0.05) is 28.7 Å². The Morgan fingerprint density at radius 3 is 2.19 bits per heavy atom. The zero-order valence-corrected chi connectivity index (χ0v) is 18.8. The highest BCUT2D eigenvalue weighted by Gasteiger charge is 2.43. The van der Waals surface area contributed by atoms with Crippen molar-refractivity contribution >= 4 is 11.4 Å². The zero-order valence-electron chi connectivity index (χ0n) is 18.8. The van der Waals surface area contributed by atoms with Gasteiger partial charge in [-0.25, -0.2) is 0 Å². The van der Waals surface area contributed by atoms with Crippen LogP contribution >= 0.6 is 0 Å². The quantitative estimate of drug-likeness (QED) is 0.191. The largest absolute Gasteiger partial charge is 0.410 e. The molecule has 0 spiro atoms. The molecule has 0 unspecified atom stereocenters. The second kappa shape index (κ2) is 8.58. The van der Waals surface area contributed by atoms with Crippen molar-refractivity contribution in [3.8, 4) is 11.1 Å². The Morgan fingerprint density at radius 1 is 0.969 bits per heavy atom. The van der Waals surface area contributed by atoms with Gasteiger partial charge in [-0.3, -0.25) is 10.1 Å². The van der Waals surface area contributed by atoms with E-state index >= 15 is 0 Å². The van der Waals surface area contributed by atoms with Crippen molar-refractivity contribution in [1.82, 2.24) is 0 Å². The molecule has 5 nitrogen and oxygen atoms in total. The van der Waals surface area contributed by atoms with E-state index in [0.717, 1.165) is 59.1 Å². The fourth-order valence-corrected chi connectivity index (χ4v) is 5.37. The number of non-ortho nitro benzene ring substituents is 1. The van der Waals surface area contributed by atoms with E-state index in [1.807, 2.05) is 43.3 Å². The number of nitro benzene ring substituents is 1. The monoisotopic (exact) mass is 428 g/mol. The average molecular weight is 429 g/mol. The van der Waals surface area contributed by atoms with Gasteiger partial charge in [0.2, 0.25) is 0 Å². The van der Waals surface area contributed by atoms with Crippen LogP contribution < -0.4 is 0 Å². The summed E-state index contributed by atoms with van der Waals surface area (Å²) in [6.45, 7) is 6.32. The molecular formula is C27H28N2O3. The Bertz CT molecular complexity index is 1210. The molecule has 0 aromatic heterocycles. The first-order valence-corrected chi connectivity index (χ1v) is 11.2. The Kier molecular flexibility index (Phi) is 5.83. The molecule has 0 fully saturated rings. The Balaban J connectivity index is 1.95. The molecule has 1 aliphatic carbocycles. The highest BCUT2D eigenvalue weighted by Crippen LogP contribution is 2.54. The number of fused-ring (bicyclic) bond motifs is 3. The number of rotatable bonds is 7. The van der Waals surface area contributed by atoms with E-state index in [1.54, 1.807) is 12.1 Å². The van der Waals surface area contributed by atoms with E-state index < -0.39 is 0 Å². The first-order valence-electron chi connectivity index (χ1n) is 11.2. The lowest BCUT2D eigenvalue weighted by molar-refractivity contribution is -0.384. The normalized spacial score (nSPS) is 14.2. The van der Waals surface area contributed by atoms with Crippen LogP contribution in [0.1, 0.15) is 67.3 Å². The van der Waals surface area contributed by atoms with Crippen LogP contribution in [0.5, 0.6) is 0 Å². The fraction of sp³-hybridized carbons (Fsp3) is 0.296. The van der Waals surface area contributed by atoms with E-state index in [0.29, 0.717) is 5.71 Å². The third-order valence-corrected chi connectivity index (χ3v) is 6.68. The summed E-state index contributed by atoms with van der Waals surface area (Å²) in [6.07, 6.45) is 3.73. The van der Waals surface area contributed by atoms with Crippen LogP contribution in [-0.2, 0) is 5.41 Å². The van der Waals surface area contributed by atoms with Crippen LogP contribution in [0.3, 0.4) is 0 Å². The highest BCUT2D eigenvalue weighted by atomic mass is 16.6. The molecule has 0 bridgehead atoms. The third kappa shape index (κ3) is 3.38. The van der Waals surface area contributed by atoms with Crippen molar-refractivity contribution in [2.24, 2.45) is 5.16 Å². The van der Waals surface area contributed by atoms with E-state index in [4.69, 9.17) is 0 Å². The Morgan fingerprint density at radius 2 is 1.59 bits per heavy atom. The minimum Gasteiger partial charge on any atom is -0.410 e. The summed E-state index contributed by atoms with van der Waals surface area (Å²) < 4.78 is 0. The lowest BCUT2D eigenvalue weighted by Crippen LogP contribution is -2.25. The van der Waals surface area contributed by atoms with Crippen LogP contribution in [0.15, 0.2) is 65.8 Å². The Labute approximate surface area is 188 Å². The summed E-state index contributed by atoms with van der Waals surface area (Å²) >= 11 is 0. The molecule has 0 saturated carbocycles. The molecule has 5 heteroatoms. The molecule has 3 aromatic carbocycles. The number of hydrogen-bond acceptors (Lipinski definition) is 4. The number of hydrogen-bond donors (Lipinski definition) is 1. The average Bonchev–Trinajstić information content (AvgIpc) is 3.05. The van der Waals surface area contributed by atoms with Gasteiger partial charge >= 0.3 is 0 Å². The summed E-state index contributed by atoms with van der Waals surface area (Å²) in [4.78, 5) is 11.2. The van der Waals surface area contributed by atoms with E-state index in [1.165, 1.54) is 5.56 Å². The Hall–Kier alpha value is -3.47. The second-order valence-corrected chi connectivity index (χ2v) is 8.59. The van der Waals surface area contributed by atoms with Gasteiger partial charge in [0.05, 0.1) is 4.92 Å². The number of nitro groups is 1. The van der Waals surface area contributed by atoms with E-state index in [2.05, 4.69) is 31.1 Å². The summed E-state index contributed by atoms with van der Waals surface area (Å²) in [5.41, 5.74) is 7.54. The van der Waals surface area contributed by atoms with E-state index in [-0.39, 0.29) is 16.0 Å². The number of nitrogens with zero attached hydrogens (tertiary/aromatic N) is 2. The molecule has 0 radical (unpaired) electrons. The minimum atomic E-state index is -0.313. The number of aryl methyl sites for hydroxylation is 1. The predicted molar refractivity (Wildman–Crippen MR) is 128 cm³/mol. The van der Waals surface area contributed by atoms with Crippen LogP contribution in [0.2, 0.25) is 0 Å². The maximum atomic E-state index is 11.5.